The lowest BCUT2D eigenvalue weighted by Gasteiger charge is -2.49. The Morgan fingerprint density at radius 1 is 1.18 bits per heavy atom. The second-order valence-corrected chi connectivity index (χ2v) is 9.43. The summed E-state index contributed by atoms with van der Waals surface area (Å²) in [4.78, 5) is 49.7. The Morgan fingerprint density at radius 3 is 2.47 bits per heavy atom. The van der Waals surface area contributed by atoms with Gasteiger partial charge in [0.05, 0.1) is 11.3 Å². The lowest BCUT2D eigenvalue weighted by molar-refractivity contribution is -0.384. The van der Waals surface area contributed by atoms with Gasteiger partial charge in [-0.15, -0.1) is 11.8 Å². The van der Waals surface area contributed by atoms with Crippen molar-refractivity contribution in [2.24, 2.45) is 0 Å². The molecule has 2 aliphatic heterocycles. The molecule has 0 spiro atoms. The van der Waals surface area contributed by atoms with Crippen LogP contribution in [0.2, 0.25) is 5.02 Å². The molecule has 9 nitrogen and oxygen atoms in total. The summed E-state index contributed by atoms with van der Waals surface area (Å²) in [5.41, 5.74) is 2.18. The molecule has 1 fully saturated rings. The Kier molecular flexibility index (Phi) is 6.90. The maximum Gasteiger partial charge on any atom is 0.355 e. The number of β-lactam (4-membered cyclic amide) rings is 1. The standard InChI is InChI=1S/C23H20ClN3O6S/c1-13-12-34-22-19(25-18(28)10-14-2-6-16(24)7-3-14)21(29)26(22)20(13)23(30)33-11-15-4-8-17(9-5-15)27(31)32/h2-9,19,22H,10-12H2,1H3,(H,25,28)/t19?,22-/m0/s1. The molecule has 0 bridgehead atoms. The zero-order valence-corrected chi connectivity index (χ0v) is 19.6. The second kappa shape index (κ2) is 9.86. The summed E-state index contributed by atoms with van der Waals surface area (Å²) in [6.07, 6.45) is 0.108. The second-order valence-electron chi connectivity index (χ2n) is 7.89. The minimum absolute atomic E-state index is 0.0592. The van der Waals surface area contributed by atoms with E-state index in [9.17, 15) is 24.5 Å². The Labute approximate surface area is 204 Å². The molecule has 2 aromatic carbocycles. The van der Waals surface area contributed by atoms with Crippen LogP contribution >= 0.6 is 23.4 Å². The molecule has 2 amide bonds. The van der Waals surface area contributed by atoms with E-state index < -0.39 is 22.3 Å². The lowest BCUT2D eigenvalue weighted by atomic mass is 10.0. The number of benzene rings is 2. The summed E-state index contributed by atoms with van der Waals surface area (Å²) >= 11 is 7.33. The van der Waals surface area contributed by atoms with E-state index >= 15 is 0 Å². The highest BCUT2D eigenvalue weighted by atomic mass is 35.5. The van der Waals surface area contributed by atoms with Crippen molar-refractivity contribution >= 4 is 46.8 Å². The fourth-order valence-corrected chi connectivity index (χ4v) is 5.12. The maximum atomic E-state index is 12.8. The number of non-ortho nitro benzene ring substituents is 1. The van der Waals surface area contributed by atoms with Gasteiger partial charge in [0.1, 0.15) is 23.7 Å². The number of hydrogen-bond acceptors (Lipinski definition) is 7. The number of esters is 1. The monoisotopic (exact) mass is 501 g/mol. The molecule has 0 aromatic heterocycles. The van der Waals surface area contributed by atoms with E-state index in [1.54, 1.807) is 31.2 Å². The third kappa shape index (κ3) is 4.92. The molecule has 176 valence electrons. The van der Waals surface area contributed by atoms with Gasteiger partial charge in [-0.25, -0.2) is 4.79 Å². The zero-order chi connectivity index (χ0) is 24.4. The minimum atomic E-state index is -0.727. The molecule has 4 rings (SSSR count). The molecule has 2 atom stereocenters. The van der Waals surface area contributed by atoms with Crippen LogP contribution in [0.3, 0.4) is 0 Å². The first-order valence-electron chi connectivity index (χ1n) is 10.3. The molecule has 2 aliphatic rings. The summed E-state index contributed by atoms with van der Waals surface area (Å²) in [5.74, 6) is -0.807. The Hall–Kier alpha value is -3.37. The largest absolute Gasteiger partial charge is 0.456 e. The number of nitrogens with one attached hydrogen (secondary N) is 1. The van der Waals surface area contributed by atoms with Crippen LogP contribution in [-0.2, 0) is 32.1 Å². The van der Waals surface area contributed by atoms with Crippen LogP contribution in [0, 0.1) is 10.1 Å². The SMILES string of the molecule is CC1=C(C(=O)OCc2ccc([N+](=O)[O-])cc2)N2C(=O)C(NC(=O)Cc3ccc(Cl)cc3)[C@@H]2SC1. The molecule has 0 aliphatic carbocycles. The zero-order valence-electron chi connectivity index (χ0n) is 18.0. The van der Waals surface area contributed by atoms with Crippen LogP contribution in [0.1, 0.15) is 18.1 Å². The Morgan fingerprint density at radius 2 is 1.82 bits per heavy atom. The first kappa shape index (κ1) is 23.8. The molecule has 11 heteroatoms. The number of ether oxygens (including phenoxy) is 1. The maximum absolute atomic E-state index is 12.8. The number of nitro benzene ring substituents is 1. The fourth-order valence-electron chi connectivity index (χ4n) is 3.71. The first-order valence-corrected chi connectivity index (χ1v) is 11.8. The van der Waals surface area contributed by atoms with E-state index in [2.05, 4.69) is 5.32 Å². The van der Waals surface area contributed by atoms with E-state index in [1.165, 1.54) is 40.9 Å². The van der Waals surface area contributed by atoms with Gasteiger partial charge in [-0.2, -0.15) is 0 Å². The minimum Gasteiger partial charge on any atom is -0.456 e. The third-order valence-corrected chi connectivity index (χ3v) is 7.14. The number of carbonyl (C=O) groups is 3. The van der Waals surface area contributed by atoms with E-state index in [1.807, 2.05) is 0 Å². The van der Waals surface area contributed by atoms with Crippen LogP contribution in [-0.4, -0.2) is 44.8 Å². The highest BCUT2D eigenvalue weighted by Gasteiger charge is 2.53. The number of nitrogens with zero attached hydrogens (tertiary/aromatic N) is 2. The topological polar surface area (TPSA) is 119 Å². The predicted molar refractivity (Wildman–Crippen MR) is 126 cm³/mol. The number of halogens is 1. The van der Waals surface area contributed by atoms with Gasteiger partial charge in [0, 0.05) is 22.9 Å². The molecule has 1 saturated heterocycles. The highest BCUT2D eigenvalue weighted by molar-refractivity contribution is 8.00. The number of rotatable bonds is 7. The van der Waals surface area contributed by atoms with Gasteiger partial charge in [-0.1, -0.05) is 23.7 Å². The van der Waals surface area contributed by atoms with Crippen molar-refractivity contribution in [1.82, 2.24) is 10.2 Å². The van der Waals surface area contributed by atoms with Crippen LogP contribution in [0.5, 0.6) is 0 Å². The lowest BCUT2D eigenvalue weighted by Crippen LogP contribution is -2.70. The number of fused-ring (bicyclic) bond motifs is 1. The molecule has 2 heterocycles. The van der Waals surface area contributed by atoms with Gasteiger partial charge < -0.3 is 10.1 Å². The van der Waals surface area contributed by atoms with Gasteiger partial charge in [-0.05, 0) is 47.9 Å². The highest BCUT2D eigenvalue weighted by Crippen LogP contribution is 2.40. The summed E-state index contributed by atoms with van der Waals surface area (Å²) < 4.78 is 5.38. The van der Waals surface area contributed by atoms with Gasteiger partial charge in [0.25, 0.3) is 11.6 Å². The van der Waals surface area contributed by atoms with Crippen molar-refractivity contribution in [3.05, 3.63) is 86.1 Å². The van der Waals surface area contributed by atoms with Crippen molar-refractivity contribution in [3.8, 4) is 0 Å². The Bertz CT molecular complexity index is 1180. The molecular formula is C23H20ClN3O6S. The van der Waals surface area contributed by atoms with Gasteiger partial charge in [-0.3, -0.25) is 24.6 Å². The van der Waals surface area contributed by atoms with Crippen molar-refractivity contribution in [2.45, 2.75) is 31.4 Å². The van der Waals surface area contributed by atoms with Crippen molar-refractivity contribution < 1.29 is 24.0 Å². The average molecular weight is 502 g/mol. The van der Waals surface area contributed by atoms with Crippen molar-refractivity contribution in [3.63, 3.8) is 0 Å². The summed E-state index contributed by atoms with van der Waals surface area (Å²) in [6, 6.07) is 11.8. The van der Waals surface area contributed by atoms with Gasteiger partial charge >= 0.3 is 5.97 Å². The molecule has 1 unspecified atom stereocenters. The average Bonchev–Trinajstić information content (AvgIpc) is 2.82. The predicted octanol–water partition coefficient (Wildman–Crippen LogP) is 3.21. The Balaban J connectivity index is 1.37. The number of thioether (sulfide) groups is 1. The van der Waals surface area contributed by atoms with E-state index in [0.717, 1.165) is 5.56 Å². The van der Waals surface area contributed by atoms with Crippen LogP contribution in [0.25, 0.3) is 0 Å². The quantitative estimate of drug-likeness (QED) is 0.268. The first-order chi connectivity index (χ1) is 16.2. The van der Waals surface area contributed by atoms with Crippen molar-refractivity contribution in [1.29, 1.82) is 0 Å². The molecule has 34 heavy (non-hydrogen) atoms. The van der Waals surface area contributed by atoms with Gasteiger partial charge in [0.2, 0.25) is 5.91 Å². The number of hydrogen-bond donors (Lipinski definition) is 1. The van der Waals surface area contributed by atoms with Crippen molar-refractivity contribution in [2.75, 3.05) is 5.75 Å². The van der Waals surface area contributed by atoms with E-state index in [-0.39, 0.29) is 36.2 Å². The summed E-state index contributed by atoms with van der Waals surface area (Å²) in [6.45, 7) is 1.67. The fraction of sp³-hybridized carbons (Fsp3) is 0.261. The van der Waals surface area contributed by atoms with Crippen LogP contribution in [0.4, 0.5) is 5.69 Å². The summed E-state index contributed by atoms with van der Waals surface area (Å²) in [5, 5.41) is 13.7. The van der Waals surface area contributed by atoms with E-state index in [4.69, 9.17) is 16.3 Å². The van der Waals surface area contributed by atoms with E-state index in [0.29, 0.717) is 21.9 Å². The summed E-state index contributed by atoms with van der Waals surface area (Å²) in [7, 11) is 0. The van der Waals surface area contributed by atoms with Crippen LogP contribution in [0.15, 0.2) is 59.8 Å². The molecule has 0 radical (unpaired) electrons. The molecule has 2 aromatic rings. The third-order valence-electron chi connectivity index (χ3n) is 5.46. The number of nitro groups is 1. The normalized spacial score (nSPS) is 19.2. The smallest absolute Gasteiger partial charge is 0.355 e. The molecule has 0 saturated carbocycles. The number of carbonyl (C=O) groups excluding carboxylic acids is 3. The van der Waals surface area contributed by atoms with Gasteiger partial charge in [0.15, 0.2) is 0 Å². The number of amides is 2. The molecular weight excluding hydrogens is 482 g/mol. The van der Waals surface area contributed by atoms with Crippen LogP contribution < -0.4 is 5.32 Å². The molecule has 1 N–H and O–H groups in total.